The molecule has 0 spiro atoms. The van der Waals surface area contributed by atoms with Crippen molar-refractivity contribution < 1.29 is 0 Å². The number of benzene rings is 1. The van der Waals surface area contributed by atoms with E-state index in [1.165, 1.54) is 17.2 Å². The lowest BCUT2D eigenvalue weighted by atomic mass is 10.1. The molecule has 0 saturated carbocycles. The SMILES string of the molecule is CC[C@@H](C)Nc1nc2c(c(=O)n(C)c(=O)n2C)n1CCc1ccccc1. The maximum absolute atomic E-state index is 12.8. The number of fused-ring (bicyclic) bond motifs is 1. The molecule has 7 heteroatoms. The van der Waals surface area contributed by atoms with Gasteiger partial charge in [0.2, 0.25) is 5.95 Å². The zero-order valence-electron chi connectivity index (χ0n) is 15.7. The third-order valence-electron chi connectivity index (χ3n) is 4.80. The molecule has 0 aliphatic carbocycles. The van der Waals surface area contributed by atoms with Gasteiger partial charge in [0.15, 0.2) is 11.2 Å². The molecule has 0 unspecified atom stereocenters. The van der Waals surface area contributed by atoms with Crippen LogP contribution in [0.25, 0.3) is 11.2 Å². The number of nitrogens with zero attached hydrogens (tertiary/aromatic N) is 4. The molecule has 1 N–H and O–H groups in total. The normalized spacial score (nSPS) is 12.5. The molecular formula is C19H25N5O2. The van der Waals surface area contributed by atoms with Crippen LogP contribution in [-0.2, 0) is 27.1 Å². The minimum Gasteiger partial charge on any atom is -0.353 e. The number of imidazole rings is 1. The molecule has 0 radical (unpaired) electrons. The van der Waals surface area contributed by atoms with Crippen LogP contribution in [0, 0.1) is 0 Å². The minimum absolute atomic E-state index is 0.211. The van der Waals surface area contributed by atoms with Gasteiger partial charge in [-0.3, -0.25) is 13.9 Å². The van der Waals surface area contributed by atoms with E-state index in [1.807, 2.05) is 22.8 Å². The number of aromatic nitrogens is 4. The summed E-state index contributed by atoms with van der Waals surface area (Å²) in [6.07, 6.45) is 1.70. The number of rotatable bonds is 6. The van der Waals surface area contributed by atoms with Gasteiger partial charge >= 0.3 is 5.69 Å². The van der Waals surface area contributed by atoms with Crippen molar-refractivity contribution in [2.24, 2.45) is 14.1 Å². The summed E-state index contributed by atoms with van der Waals surface area (Å²) in [5.74, 6) is 0.628. The summed E-state index contributed by atoms with van der Waals surface area (Å²) in [6, 6.07) is 10.3. The molecule has 3 rings (SSSR count). The monoisotopic (exact) mass is 355 g/mol. The average Bonchev–Trinajstić information content (AvgIpc) is 3.01. The highest BCUT2D eigenvalue weighted by Crippen LogP contribution is 2.18. The molecular weight excluding hydrogens is 330 g/mol. The van der Waals surface area contributed by atoms with Crippen LogP contribution in [0.5, 0.6) is 0 Å². The predicted molar refractivity (Wildman–Crippen MR) is 104 cm³/mol. The second-order valence-electron chi connectivity index (χ2n) is 6.65. The Morgan fingerprint density at radius 1 is 1.12 bits per heavy atom. The van der Waals surface area contributed by atoms with Crippen molar-refractivity contribution in [1.29, 1.82) is 0 Å². The fourth-order valence-electron chi connectivity index (χ4n) is 2.98. The van der Waals surface area contributed by atoms with E-state index in [0.29, 0.717) is 23.7 Å². The summed E-state index contributed by atoms with van der Waals surface area (Å²) in [7, 11) is 3.14. The van der Waals surface area contributed by atoms with Gasteiger partial charge in [0.05, 0.1) is 0 Å². The van der Waals surface area contributed by atoms with Crippen LogP contribution in [-0.4, -0.2) is 24.7 Å². The van der Waals surface area contributed by atoms with E-state index in [2.05, 4.69) is 36.3 Å². The first-order valence-corrected chi connectivity index (χ1v) is 8.90. The summed E-state index contributed by atoms with van der Waals surface area (Å²) in [5.41, 5.74) is 1.37. The summed E-state index contributed by atoms with van der Waals surface area (Å²) >= 11 is 0. The van der Waals surface area contributed by atoms with Gasteiger partial charge in [-0.15, -0.1) is 0 Å². The van der Waals surface area contributed by atoms with E-state index in [0.717, 1.165) is 17.4 Å². The van der Waals surface area contributed by atoms with Crippen LogP contribution >= 0.6 is 0 Å². The molecule has 0 aliphatic heterocycles. The van der Waals surface area contributed by atoms with Gasteiger partial charge in [-0.25, -0.2) is 4.79 Å². The number of hydrogen-bond donors (Lipinski definition) is 1. The molecule has 3 aromatic rings. The maximum atomic E-state index is 12.8. The molecule has 0 amide bonds. The van der Waals surface area contributed by atoms with E-state index >= 15 is 0 Å². The Labute approximate surface area is 151 Å². The summed E-state index contributed by atoms with van der Waals surface area (Å²) in [6.45, 7) is 4.76. The van der Waals surface area contributed by atoms with Gasteiger partial charge in [0.1, 0.15) is 0 Å². The van der Waals surface area contributed by atoms with Crippen molar-refractivity contribution in [2.75, 3.05) is 5.32 Å². The van der Waals surface area contributed by atoms with Crippen molar-refractivity contribution in [2.45, 2.75) is 39.3 Å². The topological polar surface area (TPSA) is 73.8 Å². The van der Waals surface area contributed by atoms with Crippen LogP contribution in [0.15, 0.2) is 39.9 Å². The Hall–Kier alpha value is -2.83. The Morgan fingerprint density at radius 2 is 1.81 bits per heavy atom. The smallest absolute Gasteiger partial charge is 0.332 e. The Bertz CT molecular complexity index is 1030. The zero-order chi connectivity index (χ0) is 18.8. The highest BCUT2D eigenvalue weighted by atomic mass is 16.2. The second-order valence-corrected chi connectivity index (χ2v) is 6.65. The molecule has 0 bridgehead atoms. The number of nitrogens with one attached hydrogen (secondary N) is 1. The van der Waals surface area contributed by atoms with Gasteiger partial charge in [-0.05, 0) is 25.3 Å². The first-order valence-electron chi connectivity index (χ1n) is 8.90. The van der Waals surface area contributed by atoms with Crippen molar-refractivity contribution in [3.63, 3.8) is 0 Å². The molecule has 0 aliphatic rings. The van der Waals surface area contributed by atoms with Crippen molar-refractivity contribution in [3.8, 4) is 0 Å². The van der Waals surface area contributed by atoms with E-state index < -0.39 is 0 Å². The van der Waals surface area contributed by atoms with Crippen LogP contribution < -0.4 is 16.6 Å². The Balaban J connectivity index is 2.14. The van der Waals surface area contributed by atoms with E-state index in [1.54, 1.807) is 7.05 Å². The number of aryl methyl sites for hydroxylation is 3. The molecule has 26 heavy (non-hydrogen) atoms. The van der Waals surface area contributed by atoms with Gasteiger partial charge in [0.25, 0.3) is 5.56 Å². The first kappa shape index (κ1) is 18.0. The second kappa shape index (κ2) is 7.19. The molecule has 2 aromatic heterocycles. The average molecular weight is 355 g/mol. The van der Waals surface area contributed by atoms with Gasteiger partial charge in [0, 0.05) is 26.7 Å². The van der Waals surface area contributed by atoms with Gasteiger partial charge in [-0.2, -0.15) is 4.98 Å². The highest BCUT2D eigenvalue weighted by Gasteiger charge is 2.19. The zero-order valence-corrected chi connectivity index (χ0v) is 15.7. The lowest BCUT2D eigenvalue weighted by Gasteiger charge is -2.14. The largest absolute Gasteiger partial charge is 0.353 e. The quantitative estimate of drug-likeness (QED) is 0.733. The summed E-state index contributed by atoms with van der Waals surface area (Å²) in [4.78, 5) is 29.6. The molecule has 138 valence electrons. The minimum atomic E-state index is -0.370. The van der Waals surface area contributed by atoms with Crippen molar-refractivity contribution >= 4 is 17.1 Å². The lowest BCUT2D eigenvalue weighted by molar-refractivity contribution is 0.677. The molecule has 0 saturated heterocycles. The van der Waals surface area contributed by atoms with Crippen LogP contribution in [0.4, 0.5) is 5.95 Å². The Morgan fingerprint density at radius 3 is 2.46 bits per heavy atom. The summed E-state index contributed by atoms with van der Waals surface area (Å²) in [5, 5.41) is 3.37. The maximum Gasteiger partial charge on any atom is 0.332 e. The number of anilines is 1. The standard InChI is InChI=1S/C19H25N5O2/c1-5-13(2)20-18-21-16-15(17(25)23(4)19(26)22(16)3)24(18)12-11-14-9-7-6-8-10-14/h6-10,13H,5,11-12H2,1-4H3,(H,20,21)/t13-/m1/s1. The fourth-order valence-corrected chi connectivity index (χ4v) is 2.98. The summed E-state index contributed by atoms with van der Waals surface area (Å²) < 4.78 is 4.46. The first-order chi connectivity index (χ1) is 12.4. The van der Waals surface area contributed by atoms with Gasteiger partial charge < -0.3 is 9.88 Å². The predicted octanol–water partition coefficient (Wildman–Crippen LogP) is 1.89. The Kier molecular flexibility index (Phi) is 4.97. The molecule has 7 nitrogen and oxygen atoms in total. The van der Waals surface area contributed by atoms with E-state index in [4.69, 9.17) is 0 Å². The molecule has 2 heterocycles. The lowest BCUT2D eigenvalue weighted by Crippen LogP contribution is -2.37. The number of hydrogen-bond acceptors (Lipinski definition) is 4. The van der Waals surface area contributed by atoms with Crippen LogP contribution in [0.3, 0.4) is 0 Å². The van der Waals surface area contributed by atoms with E-state index in [9.17, 15) is 9.59 Å². The van der Waals surface area contributed by atoms with Crippen LogP contribution in [0.2, 0.25) is 0 Å². The van der Waals surface area contributed by atoms with Crippen LogP contribution in [0.1, 0.15) is 25.8 Å². The fraction of sp³-hybridized carbons (Fsp3) is 0.421. The molecule has 0 fully saturated rings. The van der Waals surface area contributed by atoms with Crippen molar-refractivity contribution in [1.82, 2.24) is 18.7 Å². The third-order valence-corrected chi connectivity index (χ3v) is 4.80. The third kappa shape index (κ3) is 3.16. The van der Waals surface area contributed by atoms with Crippen molar-refractivity contribution in [3.05, 3.63) is 56.7 Å². The van der Waals surface area contributed by atoms with E-state index in [-0.39, 0.29) is 17.3 Å². The highest BCUT2D eigenvalue weighted by molar-refractivity contribution is 5.74. The molecule has 1 aromatic carbocycles. The van der Waals surface area contributed by atoms with Gasteiger partial charge in [-0.1, -0.05) is 37.3 Å². The molecule has 1 atom stereocenters.